The highest BCUT2D eigenvalue weighted by molar-refractivity contribution is 7.89. The standard InChI is InChI=1S/C20H24N4O3S/c1-5-19-22-16-8-6-7-9-17(16)24(19)13-20(25)21-15-11-10-14(2)18(12-15)28(26,27)23(3)4/h6-12H,5,13H2,1-4H3,(H,21,25). The third-order valence-corrected chi connectivity index (χ3v) is 6.54. The molecule has 0 unspecified atom stereocenters. The second-order valence-corrected chi connectivity index (χ2v) is 8.89. The second-order valence-electron chi connectivity index (χ2n) is 6.77. The first-order valence-corrected chi connectivity index (χ1v) is 10.4. The number of rotatable bonds is 6. The second kappa shape index (κ2) is 7.73. The highest BCUT2D eigenvalue weighted by Crippen LogP contribution is 2.23. The number of imidazole rings is 1. The van der Waals surface area contributed by atoms with Gasteiger partial charge < -0.3 is 9.88 Å². The largest absolute Gasteiger partial charge is 0.324 e. The maximum Gasteiger partial charge on any atom is 0.244 e. The molecule has 7 nitrogen and oxygen atoms in total. The van der Waals surface area contributed by atoms with Gasteiger partial charge in [-0.15, -0.1) is 0 Å². The average molecular weight is 401 g/mol. The van der Waals surface area contributed by atoms with Crippen LogP contribution in [-0.4, -0.2) is 42.3 Å². The van der Waals surface area contributed by atoms with E-state index in [1.165, 1.54) is 20.2 Å². The van der Waals surface area contributed by atoms with E-state index in [9.17, 15) is 13.2 Å². The van der Waals surface area contributed by atoms with Gasteiger partial charge in [-0.05, 0) is 36.8 Å². The number of sulfonamides is 1. The number of fused-ring (bicyclic) bond motifs is 1. The zero-order valence-electron chi connectivity index (χ0n) is 16.4. The summed E-state index contributed by atoms with van der Waals surface area (Å²) in [5.74, 6) is 0.589. The molecule has 0 spiro atoms. The first-order chi connectivity index (χ1) is 13.2. The molecule has 0 radical (unpaired) electrons. The third kappa shape index (κ3) is 3.79. The Hall–Kier alpha value is -2.71. The molecule has 8 heteroatoms. The van der Waals surface area contributed by atoms with Crippen LogP contribution in [0.15, 0.2) is 47.4 Å². The maximum atomic E-state index is 12.7. The van der Waals surface area contributed by atoms with Gasteiger partial charge in [-0.2, -0.15) is 0 Å². The van der Waals surface area contributed by atoms with E-state index in [4.69, 9.17) is 0 Å². The summed E-state index contributed by atoms with van der Waals surface area (Å²) in [5, 5.41) is 2.80. The van der Waals surface area contributed by atoms with Crippen LogP contribution in [0.2, 0.25) is 0 Å². The SMILES string of the molecule is CCc1nc2ccccc2n1CC(=O)Nc1ccc(C)c(S(=O)(=O)N(C)C)c1. The minimum atomic E-state index is -3.59. The molecule has 1 amide bonds. The molecule has 3 rings (SSSR count). The normalized spacial score (nSPS) is 11.9. The molecule has 0 fully saturated rings. The molecular weight excluding hydrogens is 376 g/mol. The fourth-order valence-electron chi connectivity index (χ4n) is 3.07. The van der Waals surface area contributed by atoms with Crippen LogP contribution in [0.5, 0.6) is 0 Å². The Morgan fingerprint density at radius 3 is 2.57 bits per heavy atom. The van der Waals surface area contributed by atoms with Gasteiger partial charge in [0.1, 0.15) is 12.4 Å². The number of benzene rings is 2. The first kappa shape index (κ1) is 20.0. The summed E-state index contributed by atoms with van der Waals surface area (Å²) >= 11 is 0. The van der Waals surface area contributed by atoms with E-state index in [1.54, 1.807) is 19.1 Å². The molecule has 0 aliphatic rings. The number of para-hydroxylation sites is 2. The summed E-state index contributed by atoms with van der Waals surface area (Å²) in [4.78, 5) is 17.4. The van der Waals surface area contributed by atoms with Crippen molar-refractivity contribution in [1.29, 1.82) is 0 Å². The van der Waals surface area contributed by atoms with Crippen molar-refractivity contribution in [1.82, 2.24) is 13.9 Å². The van der Waals surface area contributed by atoms with Crippen molar-refractivity contribution in [3.05, 3.63) is 53.9 Å². The number of aromatic nitrogens is 2. The summed E-state index contributed by atoms with van der Waals surface area (Å²) in [7, 11) is -0.623. The van der Waals surface area contributed by atoms with E-state index < -0.39 is 10.0 Å². The molecule has 3 aromatic rings. The number of carbonyl (C=O) groups is 1. The topological polar surface area (TPSA) is 84.3 Å². The molecule has 1 aromatic heterocycles. The Morgan fingerprint density at radius 1 is 1.18 bits per heavy atom. The molecule has 0 saturated heterocycles. The molecule has 0 saturated carbocycles. The summed E-state index contributed by atoms with van der Waals surface area (Å²) in [5.41, 5.74) is 2.81. The fourth-order valence-corrected chi connectivity index (χ4v) is 4.21. The van der Waals surface area contributed by atoms with Crippen molar-refractivity contribution in [2.75, 3.05) is 19.4 Å². The van der Waals surface area contributed by atoms with Gasteiger partial charge in [-0.25, -0.2) is 17.7 Å². The van der Waals surface area contributed by atoms with Gasteiger partial charge in [0.2, 0.25) is 15.9 Å². The number of nitrogens with zero attached hydrogens (tertiary/aromatic N) is 3. The molecule has 2 aromatic carbocycles. The summed E-state index contributed by atoms with van der Waals surface area (Å²) in [6.45, 7) is 3.83. The van der Waals surface area contributed by atoms with E-state index >= 15 is 0 Å². The van der Waals surface area contributed by atoms with Gasteiger partial charge in [-0.3, -0.25) is 4.79 Å². The number of hydrogen-bond donors (Lipinski definition) is 1. The van der Waals surface area contributed by atoms with Crippen molar-refractivity contribution >= 4 is 32.7 Å². The predicted molar refractivity (Wildman–Crippen MR) is 110 cm³/mol. The molecule has 28 heavy (non-hydrogen) atoms. The zero-order chi connectivity index (χ0) is 20.5. The van der Waals surface area contributed by atoms with Crippen LogP contribution in [0.4, 0.5) is 5.69 Å². The molecule has 0 aliphatic heterocycles. The zero-order valence-corrected chi connectivity index (χ0v) is 17.2. The Labute approximate surface area is 165 Å². The Bertz CT molecular complexity index is 1130. The average Bonchev–Trinajstić information content (AvgIpc) is 3.00. The maximum absolute atomic E-state index is 12.7. The minimum absolute atomic E-state index is 0.104. The van der Waals surface area contributed by atoms with Crippen LogP contribution in [0.1, 0.15) is 18.3 Å². The summed E-state index contributed by atoms with van der Waals surface area (Å²) in [6, 6.07) is 12.6. The van der Waals surface area contributed by atoms with Crippen LogP contribution < -0.4 is 5.32 Å². The molecule has 148 valence electrons. The van der Waals surface area contributed by atoms with Gasteiger partial charge in [0.15, 0.2) is 0 Å². The molecular formula is C20H24N4O3S. The van der Waals surface area contributed by atoms with Gasteiger partial charge in [-0.1, -0.05) is 25.1 Å². The van der Waals surface area contributed by atoms with E-state index in [0.29, 0.717) is 17.7 Å². The van der Waals surface area contributed by atoms with Crippen molar-refractivity contribution < 1.29 is 13.2 Å². The highest BCUT2D eigenvalue weighted by Gasteiger charge is 2.20. The lowest BCUT2D eigenvalue weighted by molar-refractivity contribution is -0.116. The predicted octanol–water partition coefficient (Wildman–Crippen LogP) is 2.80. The fraction of sp³-hybridized carbons (Fsp3) is 0.300. The Morgan fingerprint density at radius 2 is 1.89 bits per heavy atom. The molecule has 1 heterocycles. The van der Waals surface area contributed by atoms with Crippen LogP contribution in [0.25, 0.3) is 11.0 Å². The summed E-state index contributed by atoms with van der Waals surface area (Å²) < 4.78 is 28.0. The first-order valence-electron chi connectivity index (χ1n) is 9.01. The van der Waals surface area contributed by atoms with Crippen molar-refractivity contribution in [3.63, 3.8) is 0 Å². The highest BCUT2D eigenvalue weighted by atomic mass is 32.2. The molecule has 0 aliphatic carbocycles. The monoisotopic (exact) mass is 400 g/mol. The number of carbonyl (C=O) groups excluding carboxylic acids is 1. The van der Waals surface area contributed by atoms with E-state index in [2.05, 4.69) is 10.3 Å². The van der Waals surface area contributed by atoms with Crippen molar-refractivity contribution in [3.8, 4) is 0 Å². The number of aryl methyl sites for hydroxylation is 2. The van der Waals surface area contributed by atoms with Gasteiger partial charge >= 0.3 is 0 Å². The van der Waals surface area contributed by atoms with Crippen LogP contribution in [0, 0.1) is 6.92 Å². The van der Waals surface area contributed by atoms with Gasteiger partial charge in [0.05, 0.1) is 15.9 Å². The smallest absolute Gasteiger partial charge is 0.244 e. The number of anilines is 1. The van der Waals surface area contributed by atoms with Crippen LogP contribution in [-0.2, 0) is 27.8 Å². The van der Waals surface area contributed by atoms with E-state index in [-0.39, 0.29) is 17.3 Å². The molecule has 0 bridgehead atoms. The minimum Gasteiger partial charge on any atom is -0.324 e. The van der Waals surface area contributed by atoms with Crippen molar-refractivity contribution in [2.24, 2.45) is 0 Å². The number of hydrogen-bond acceptors (Lipinski definition) is 4. The van der Waals surface area contributed by atoms with Gasteiger partial charge in [0, 0.05) is 26.2 Å². The Kier molecular flexibility index (Phi) is 5.53. The van der Waals surface area contributed by atoms with Crippen LogP contribution >= 0.6 is 0 Å². The molecule has 0 atom stereocenters. The third-order valence-electron chi connectivity index (χ3n) is 4.58. The number of nitrogens with one attached hydrogen (secondary N) is 1. The van der Waals surface area contributed by atoms with Gasteiger partial charge in [0.25, 0.3) is 0 Å². The molecule has 1 N–H and O–H groups in total. The lowest BCUT2D eigenvalue weighted by Gasteiger charge is -2.15. The summed E-state index contributed by atoms with van der Waals surface area (Å²) in [6.07, 6.45) is 0.706. The van der Waals surface area contributed by atoms with E-state index in [1.807, 2.05) is 35.8 Å². The quantitative estimate of drug-likeness (QED) is 0.690. The lowest BCUT2D eigenvalue weighted by Crippen LogP contribution is -2.24. The number of amides is 1. The Balaban J connectivity index is 1.87. The lowest BCUT2D eigenvalue weighted by atomic mass is 10.2. The van der Waals surface area contributed by atoms with Crippen molar-refractivity contribution in [2.45, 2.75) is 31.7 Å². The van der Waals surface area contributed by atoms with Crippen LogP contribution in [0.3, 0.4) is 0 Å². The van der Waals surface area contributed by atoms with E-state index in [0.717, 1.165) is 21.2 Å².